The number of para-hydroxylation sites is 1. The molecule has 3 aromatic rings. The van der Waals surface area contributed by atoms with Gasteiger partial charge in [0.15, 0.2) is 0 Å². The van der Waals surface area contributed by atoms with Crippen molar-refractivity contribution < 1.29 is 32.6 Å². The van der Waals surface area contributed by atoms with Crippen LogP contribution >= 0.6 is 0 Å². The number of aryl methyl sites for hydroxylation is 1. The Balaban J connectivity index is 0.000000327. The van der Waals surface area contributed by atoms with Gasteiger partial charge in [0.2, 0.25) is 10.0 Å². The van der Waals surface area contributed by atoms with E-state index in [9.17, 15) is 22.4 Å². The molecule has 0 saturated heterocycles. The molecule has 0 saturated carbocycles. The van der Waals surface area contributed by atoms with Crippen molar-refractivity contribution >= 4 is 32.9 Å². The van der Waals surface area contributed by atoms with Gasteiger partial charge in [-0.25, -0.2) is 17.5 Å². The summed E-state index contributed by atoms with van der Waals surface area (Å²) in [5.74, 6) is -2.00. The number of benzene rings is 2. The van der Waals surface area contributed by atoms with E-state index < -0.39 is 27.8 Å². The molecule has 10 heteroatoms. The van der Waals surface area contributed by atoms with Gasteiger partial charge in [-0.3, -0.25) is 9.59 Å². The van der Waals surface area contributed by atoms with Crippen LogP contribution in [0, 0.1) is 5.82 Å². The van der Waals surface area contributed by atoms with Crippen LogP contribution in [0.2, 0.25) is 0 Å². The predicted octanol–water partition coefficient (Wildman–Crippen LogP) is 6.30. The van der Waals surface area contributed by atoms with Gasteiger partial charge in [-0.05, 0) is 61.6 Å². The third kappa shape index (κ3) is 9.67. The van der Waals surface area contributed by atoms with E-state index in [0.29, 0.717) is 32.2 Å². The number of aliphatic carboxylic acids is 2. The first kappa shape index (κ1) is 32.3. The molecule has 0 aliphatic heterocycles. The van der Waals surface area contributed by atoms with E-state index >= 15 is 0 Å². The van der Waals surface area contributed by atoms with Crippen molar-refractivity contribution in [1.29, 1.82) is 0 Å². The highest BCUT2D eigenvalue weighted by Gasteiger charge is 2.28. The highest BCUT2D eigenvalue weighted by atomic mass is 32.2. The standard InChI is InChI=1S/C21H21FN2O4S.C10H20O2/c22-14-5-8-16(9-6-14)29(27,28)23-15-7-10-20-18(13-15)17-3-1-2-4-19(17)24(20)12-11-21(25)26;1-2-3-4-5-6-7-8-9-10(11)12/h1-6,8-9,15,23H,7,10-13H2,(H,25,26);2-9H2,1H3,(H,11,12)/t15-;/m1./s1. The molecule has 41 heavy (non-hydrogen) atoms. The minimum atomic E-state index is -3.75. The molecule has 0 amide bonds. The second-order valence-corrected chi connectivity index (χ2v) is 12.2. The summed E-state index contributed by atoms with van der Waals surface area (Å²) in [4.78, 5) is 21.2. The Morgan fingerprint density at radius 2 is 1.56 bits per heavy atom. The highest BCUT2D eigenvalue weighted by molar-refractivity contribution is 7.89. The number of fused-ring (bicyclic) bond motifs is 3. The summed E-state index contributed by atoms with van der Waals surface area (Å²) in [6.07, 6.45) is 10.5. The largest absolute Gasteiger partial charge is 0.481 e. The molecule has 0 bridgehead atoms. The Labute approximate surface area is 241 Å². The lowest BCUT2D eigenvalue weighted by Crippen LogP contribution is -2.39. The van der Waals surface area contributed by atoms with Gasteiger partial charge in [0.25, 0.3) is 0 Å². The first-order chi connectivity index (χ1) is 19.6. The average Bonchev–Trinajstić information content (AvgIpc) is 3.24. The number of rotatable bonds is 14. The van der Waals surface area contributed by atoms with E-state index in [4.69, 9.17) is 10.2 Å². The number of nitrogens with zero attached hydrogens (tertiary/aromatic N) is 1. The quantitative estimate of drug-likeness (QED) is 0.190. The van der Waals surface area contributed by atoms with Crippen LogP contribution in [0.15, 0.2) is 53.4 Å². The first-order valence-electron chi connectivity index (χ1n) is 14.4. The third-order valence-electron chi connectivity index (χ3n) is 7.36. The summed E-state index contributed by atoms with van der Waals surface area (Å²) in [7, 11) is -3.75. The fourth-order valence-electron chi connectivity index (χ4n) is 5.30. The van der Waals surface area contributed by atoms with Crippen molar-refractivity contribution in [3.05, 3.63) is 65.6 Å². The smallest absolute Gasteiger partial charge is 0.305 e. The van der Waals surface area contributed by atoms with E-state index in [-0.39, 0.29) is 17.4 Å². The molecule has 2 aromatic carbocycles. The number of unbranched alkanes of at least 4 members (excludes halogenated alkanes) is 6. The van der Waals surface area contributed by atoms with Gasteiger partial charge < -0.3 is 14.8 Å². The van der Waals surface area contributed by atoms with Crippen molar-refractivity contribution in [3.63, 3.8) is 0 Å². The minimum absolute atomic E-state index is 0.0335. The maximum atomic E-state index is 13.1. The molecule has 1 heterocycles. The molecular formula is C31H41FN2O6S. The molecule has 0 fully saturated rings. The molecule has 0 spiro atoms. The normalized spacial score (nSPS) is 14.7. The van der Waals surface area contributed by atoms with E-state index in [1.54, 1.807) is 0 Å². The lowest BCUT2D eigenvalue weighted by atomic mass is 9.92. The summed E-state index contributed by atoms with van der Waals surface area (Å²) >= 11 is 0. The van der Waals surface area contributed by atoms with Gasteiger partial charge in [0.1, 0.15) is 5.82 Å². The lowest BCUT2D eigenvalue weighted by molar-refractivity contribution is -0.138. The molecule has 1 aliphatic carbocycles. The van der Waals surface area contributed by atoms with Crippen molar-refractivity contribution in [2.45, 2.75) is 101 Å². The summed E-state index contributed by atoms with van der Waals surface area (Å²) < 4.78 is 43.2. The zero-order valence-electron chi connectivity index (χ0n) is 23.6. The van der Waals surface area contributed by atoms with Gasteiger partial charge in [-0.15, -0.1) is 0 Å². The predicted molar refractivity (Wildman–Crippen MR) is 157 cm³/mol. The van der Waals surface area contributed by atoms with Gasteiger partial charge in [-0.1, -0.05) is 63.6 Å². The lowest BCUT2D eigenvalue weighted by Gasteiger charge is -2.25. The number of carbonyl (C=O) groups is 2. The Kier molecular flexibility index (Phi) is 12.3. The van der Waals surface area contributed by atoms with Crippen LogP contribution < -0.4 is 4.72 Å². The molecular weight excluding hydrogens is 547 g/mol. The SMILES string of the molecule is CCCCCCCCCC(=O)O.O=C(O)CCn1c2c(c3ccccc31)C[C@H](NS(=O)(=O)c1ccc(F)cc1)CC2. The fourth-order valence-corrected chi connectivity index (χ4v) is 6.57. The topological polar surface area (TPSA) is 126 Å². The molecule has 0 radical (unpaired) electrons. The third-order valence-corrected chi connectivity index (χ3v) is 8.90. The van der Waals surface area contributed by atoms with Crippen molar-refractivity contribution in [2.75, 3.05) is 0 Å². The van der Waals surface area contributed by atoms with Crippen LogP contribution in [0.3, 0.4) is 0 Å². The minimum Gasteiger partial charge on any atom is -0.481 e. The number of carboxylic acids is 2. The average molecular weight is 589 g/mol. The van der Waals surface area contributed by atoms with E-state index in [1.807, 2.05) is 28.8 Å². The number of halogens is 1. The Morgan fingerprint density at radius 3 is 2.22 bits per heavy atom. The number of hydrogen-bond donors (Lipinski definition) is 3. The van der Waals surface area contributed by atoms with Crippen molar-refractivity contribution in [3.8, 4) is 0 Å². The van der Waals surface area contributed by atoms with Gasteiger partial charge in [-0.2, -0.15) is 0 Å². The van der Waals surface area contributed by atoms with Crippen LogP contribution in [0.25, 0.3) is 10.9 Å². The van der Waals surface area contributed by atoms with Crippen LogP contribution in [-0.2, 0) is 39.0 Å². The second-order valence-electron chi connectivity index (χ2n) is 10.5. The monoisotopic (exact) mass is 588 g/mol. The maximum Gasteiger partial charge on any atom is 0.305 e. The second kappa shape index (κ2) is 15.7. The Morgan fingerprint density at radius 1 is 0.927 bits per heavy atom. The van der Waals surface area contributed by atoms with Crippen molar-refractivity contribution in [1.82, 2.24) is 9.29 Å². The number of aromatic nitrogens is 1. The van der Waals surface area contributed by atoms with Crippen molar-refractivity contribution in [2.24, 2.45) is 0 Å². The van der Waals surface area contributed by atoms with Gasteiger partial charge in [0, 0.05) is 35.6 Å². The summed E-state index contributed by atoms with van der Waals surface area (Å²) in [6, 6.07) is 12.3. The summed E-state index contributed by atoms with van der Waals surface area (Å²) in [5, 5.41) is 18.5. The van der Waals surface area contributed by atoms with Gasteiger partial charge in [0.05, 0.1) is 11.3 Å². The zero-order chi connectivity index (χ0) is 29.8. The Bertz CT molecular complexity index is 1400. The Hall–Kier alpha value is -3.24. The number of sulfonamides is 1. The number of nitrogens with one attached hydrogen (secondary N) is 1. The molecule has 4 rings (SSSR count). The molecule has 1 aliphatic rings. The number of hydrogen-bond acceptors (Lipinski definition) is 4. The van der Waals surface area contributed by atoms with Gasteiger partial charge >= 0.3 is 11.9 Å². The molecule has 1 aromatic heterocycles. The van der Waals surface area contributed by atoms with Crippen LogP contribution in [-0.4, -0.2) is 41.2 Å². The fraction of sp³-hybridized carbons (Fsp3) is 0.484. The summed E-state index contributed by atoms with van der Waals surface area (Å²) in [5.41, 5.74) is 3.11. The first-order valence-corrected chi connectivity index (χ1v) is 15.9. The molecule has 0 unspecified atom stereocenters. The van der Waals surface area contributed by atoms with E-state index in [1.165, 1.54) is 44.2 Å². The molecule has 3 N–H and O–H groups in total. The van der Waals surface area contributed by atoms with E-state index in [2.05, 4.69) is 11.6 Å². The molecule has 1 atom stereocenters. The molecule has 8 nitrogen and oxygen atoms in total. The molecule has 224 valence electrons. The van der Waals surface area contributed by atoms with Crippen LogP contribution in [0.4, 0.5) is 4.39 Å². The zero-order valence-corrected chi connectivity index (χ0v) is 24.5. The van der Waals surface area contributed by atoms with Crippen LogP contribution in [0.5, 0.6) is 0 Å². The highest BCUT2D eigenvalue weighted by Crippen LogP contribution is 2.33. The maximum absolute atomic E-state index is 13.1. The number of carboxylic acid groups (broad SMARTS) is 2. The van der Waals surface area contributed by atoms with E-state index in [0.717, 1.165) is 47.1 Å². The van der Waals surface area contributed by atoms with Crippen LogP contribution in [0.1, 0.15) is 82.4 Å². The summed E-state index contributed by atoms with van der Waals surface area (Å²) in [6.45, 7) is 2.58.